The van der Waals surface area contributed by atoms with Crippen molar-refractivity contribution in [2.24, 2.45) is 0 Å². The fraction of sp³-hybridized carbons (Fsp3) is 0.400. The maximum Gasteiger partial charge on any atom is 0.297 e. The van der Waals surface area contributed by atoms with Gasteiger partial charge in [-0.3, -0.25) is 0 Å². The average Bonchev–Trinajstić information content (AvgIpc) is 2.67. The molecule has 2 aromatic carbocycles. The van der Waals surface area contributed by atoms with Gasteiger partial charge in [-0.05, 0) is 75.5 Å². The molecule has 29 heavy (non-hydrogen) atoms. The molecule has 2 rings (SSSR count). The Hall–Kier alpha value is -0.760. The van der Waals surface area contributed by atoms with Crippen molar-refractivity contribution in [1.29, 1.82) is 0 Å². The highest BCUT2D eigenvalue weighted by Crippen LogP contribution is 2.55. The summed E-state index contributed by atoms with van der Waals surface area (Å²) in [4.78, 5) is 23.4. The van der Waals surface area contributed by atoms with E-state index in [2.05, 4.69) is 15.9 Å². The minimum absolute atomic E-state index is 0.0583. The molecule has 0 bridgehead atoms. The molecular weight excluding hydrogens is 485 g/mol. The van der Waals surface area contributed by atoms with Gasteiger partial charge >= 0.3 is 0 Å². The van der Waals surface area contributed by atoms with Gasteiger partial charge in [0.2, 0.25) is 0 Å². The molecule has 0 N–H and O–H groups in total. The van der Waals surface area contributed by atoms with Gasteiger partial charge in [0, 0.05) is 22.5 Å². The predicted molar refractivity (Wildman–Crippen MR) is 111 cm³/mol. The van der Waals surface area contributed by atoms with E-state index in [4.69, 9.17) is 4.74 Å². The maximum atomic E-state index is 14.3. The van der Waals surface area contributed by atoms with Gasteiger partial charge in [-0.2, -0.15) is 8.78 Å². The van der Waals surface area contributed by atoms with E-state index in [0.29, 0.717) is 30.6 Å². The number of thioether (sulfide) groups is 1. The Morgan fingerprint density at radius 1 is 1.10 bits per heavy atom. The van der Waals surface area contributed by atoms with E-state index in [-0.39, 0.29) is 11.1 Å². The highest BCUT2D eigenvalue weighted by Gasteiger charge is 2.39. The standard InChI is InChI=1S/C20H24BrF2O4PS/c1-4-14-10-18(20(22,23)28(24,25)26)19(21)16(5-2)17(14)12-27-11-13-6-8-15(29-3)9-7-13/h6-10H,4-5,11-12H2,1-3H3,(H2,24,25,26)/p-2. The van der Waals surface area contributed by atoms with Crippen molar-refractivity contribution < 1.29 is 27.9 Å². The lowest BCUT2D eigenvalue weighted by atomic mass is 9.95. The molecule has 0 atom stereocenters. The summed E-state index contributed by atoms with van der Waals surface area (Å²) in [7, 11) is -6.16. The van der Waals surface area contributed by atoms with Gasteiger partial charge in [0.25, 0.3) is 5.66 Å². The molecule has 4 nitrogen and oxygen atoms in total. The molecule has 0 fully saturated rings. The van der Waals surface area contributed by atoms with Crippen LogP contribution in [0.15, 0.2) is 39.7 Å². The van der Waals surface area contributed by atoms with Crippen molar-refractivity contribution >= 4 is 35.3 Å². The number of hydrogen-bond donors (Lipinski definition) is 0. The summed E-state index contributed by atoms with van der Waals surface area (Å²) < 4.78 is 45.4. The number of ether oxygens (including phenoxy) is 1. The number of hydrogen-bond acceptors (Lipinski definition) is 5. The lowest BCUT2D eigenvalue weighted by Crippen LogP contribution is -2.30. The molecular formula is C20H22BrF2O4PS-2. The van der Waals surface area contributed by atoms with Crippen molar-refractivity contribution in [3.63, 3.8) is 0 Å². The van der Waals surface area contributed by atoms with Crippen LogP contribution in [0.4, 0.5) is 8.78 Å². The van der Waals surface area contributed by atoms with Gasteiger partial charge in [0.1, 0.15) is 0 Å². The summed E-state index contributed by atoms with van der Waals surface area (Å²) in [5.74, 6) is 0. The lowest BCUT2D eigenvalue weighted by molar-refractivity contribution is -0.335. The molecule has 0 aliphatic heterocycles. The molecule has 9 heteroatoms. The summed E-state index contributed by atoms with van der Waals surface area (Å²) in [6.45, 7) is 4.10. The van der Waals surface area contributed by atoms with Crippen LogP contribution in [0.5, 0.6) is 0 Å². The van der Waals surface area contributed by atoms with Crippen molar-refractivity contribution in [3.05, 3.63) is 62.6 Å². The first kappa shape index (κ1) is 24.5. The molecule has 0 spiro atoms. The number of halogens is 3. The zero-order valence-corrected chi connectivity index (χ0v) is 19.6. The summed E-state index contributed by atoms with van der Waals surface area (Å²) in [6.07, 6.45) is 2.76. The molecule has 0 saturated carbocycles. The molecule has 2 aromatic rings. The first-order valence-corrected chi connectivity index (χ1v) is 12.6. The van der Waals surface area contributed by atoms with E-state index in [9.17, 15) is 23.1 Å². The summed E-state index contributed by atoms with van der Waals surface area (Å²) >= 11 is 4.74. The van der Waals surface area contributed by atoms with E-state index < -0.39 is 18.8 Å². The van der Waals surface area contributed by atoms with Crippen LogP contribution in [-0.2, 0) is 41.0 Å². The number of aryl methyl sites for hydroxylation is 1. The number of benzene rings is 2. The van der Waals surface area contributed by atoms with Gasteiger partial charge < -0.3 is 19.1 Å². The minimum atomic E-state index is -6.16. The van der Waals surface area contributed by atoms with Crippen molar-refractivity contribution in [3.8, 4) is 0 Å². The Morgan fingerprint density at radius 2 is 1.72 bits per heavy atom. The van der Waals surface area contributed by atoms with Crippen LogP contribution in [0.3, 0.4) is 0 Å². The van der Waals surface area contributed by atoms with Gasteiger partial charge in [-0.25, -0.2) is 0 Å². The summed E-state index contributed by atoms with van der Waals surface area (Å²) in [6, 6.07) is 9.02. The zero-order chi connectivity index (χ0) is 21.8. The van der Waals surface area contributed by atoms with Crippen LogP contribution >= 0.6 is 35.3 Å². The second-order valence-corrected chi connectivity index (χ2v) is 9.67. The van der Waals surface area contributed by atoms with E-state index in [1.165, 1.54) is 0 Å². The molecule has 0 aromatic heterocycles. The smallest absolute Gasteiger partial charge is 0.297 e. The van der Waals surface area contributed by atoms with Gasteiger partial charge in [-0.15, -0.1) is 11.8 Å². The van der Waals surface area contributed by atoms with Gasteiger partial charge in [-0.1, -0.05) is 26.0 Å². The molecule has 0 saturated heterocycles. The Bertz CT molecular complexity index is 900. The second kappa shape index (κ2) is 10.0. The third-order valence-corrected chi connectivity index (χ3v) is 7.23. The van der Waals surface area contributed by atoms with Gasteiger partial charge in [0.15, 0.2) is 0 Å². The SMILES string of the molecule is CCc1cc(C(F)(F)P(=O)([O-])[O-])c(Br)c(CC)c1COCc1ccc(SC)cc1. The minimum Gasteiger partial charge on any atom is -0.806 e. The van der Waals surface area contributed by atoms with E-state index in [0.717, 1.165) is 22.1 Å². The number of alkyl halides is 2. The first-order chi connectivity index (χ1) is 13.6. The zero-order valence-electron chi connectivity index (χ0n) is 16.3. The van der Waals surface area contributed by atoms with Crippen LogP contribution in [0.1, 0.15) is 41.7 Å². The largest absolute Gasteiger partial charge is 0.806 e. The third-order valence-electron chi connectivity index (χ3n) is 4.65. The van der Waals surface area contributed by atoms with Gasteiger partial charge in [0.05, 0.1) is 13.2 Å². The van der Waals surface area contributed by atoms with Crippen LogP contribution in [0.2, 0.25) is 0 Å². The van der Waals surface area contributed by atoms with Crippen molar-refractivity contribution in [2.75, 3.05) is 6.26 Å². The van der Waals surface area contributed by atoms with E-state index in [1.807, 2.05) is 30.5 Å². The van der Waals surface area contributed by atoms with Crippen molar-refractivity contribution in [2.45, 2.75) is 50.5 Å². The Labute approximate surface area is 182 Å². The molecule has 0 heterocycles. The molecule has 0 aliphatic carbocycles. The highest BCUT2D eigenvalue weighted by atomic mass is 79.9. The van der Waals surface area contributed by atoms with Crippen LogP contribution in [0.25, 0.3) is 0 Å². The fourth-order valence-corrected chi connectivity index (χ4v) is 4.95. The molecule has 0 aliphatic rings. The van der Waals surface area contributed by atoms with E-state index >= 15 is 0 Å². The second-order valence-electron chi connectivity index (χ2n) is 6.44. The monoisotopic (exact) mass is 506 g/mol. The Balaban J connectivity index is 2.34. The van der Waals surface area contributed by atoms with E-state index in [1.54, 1.807) is 25.6 Å². The lowest BCUT2D eigenvalue weighted by Gasteiger charge is -2.38. The molecule has 0 radical (unpaired) electrons. The maximum absolute atomic E-state index is 14.3. The predicted octanol–water partition coefficient (Wildman–Crippen LogP) is 4.98. The normalized spacial score (nSPS) is 12.4. The highest BCUT2D eigenvalue weighted by molar-refractivity contribution is 9.10. The molecule has 0 amide bonds. The van der Waals surface area contributed by atoms with Crippen LogP contribution < -0.4 is 9.79 Å². The Kier molecular flexibility index (Phi) is 8.48. The molecule has 0 unspecified atom stereocenters. The summed E-state index contributed by atoms with van der Waals surface area (Å²) in [5.41, 5.74) is -2.53. The molecule has 160 valence electrons. The quantitative estimate of drug-likeness (QED) is 0.354. The topological polar surface area (TPSA) is 72.4 Å². The third kappa shape index (κ3) is 5.49. The fourth-order valence-electron chi connectivity index (χ4n) is 3.04. The Morgan fingerprint density at radius 3 is 2.21 bits per heavy atom. The van der Waals surface area contributed by atoms with Crippen LogP contribution in [-0.4, -0.2) is 6.26 Å². The number of rotatable bonds is 9. The average molecular weight is 507 g/mol. The van der Waals surface area contributed by atoms with Crippen molar-refractivity contribution in [1.82, 2.24) is 0 Å². The first-order valence-electron chi connectivity index (χ1n) is 9.01. The summed E-state index contributed by atoms with van der Waals surface area (Å²) in [5, 5.41) is 0. The van der Waals surface area contributed by atoms with Crippen LogP contribution in [0, 0.1) is 0 Å².